The van der Waals surface area contributed by atoms with E-state index in [-0.39, 0.29) is 18.1 Å². The van der Waals surface area contributed by atoms with Crippen LogP contribution < -0.4 is 5.32 Å². The number of morpholine rings is 1. The smallest absolute Gasteiger partial charge is 0.238 e. The van der Waals surface area contributed by atoms with Gasteiger partial charge in [-0.25, -0.2) is 0 Å². The number of ether oxygens (including phenoxy) is 1. The van der Waals surface area contributed by atoms with Crippen molar-refractivity contribution < 1.29 is 9.53 Å². The van der Waals surface area contributed by atoms with Crippen LogP contribution in [0.15, 0.2) is 24.3 Å². The van der Waals surface area contributed by atoms with Gasteiger partial charge in [-0.3, -0.25) is 9.69 Å². The Kier molecular flexibility index (Phi) is 5.18. The first-order valence-corrected chi connectivity index (χ1v) is 7.54. The third kappa shape index (κ3) is 4.74. The molecule has 1 aromatic rings. The van der Waals surface area contributed by atoms with Crippen LogP contribution in [0.2, 0.25) is 0 Å². The van der Waals surface area contributed by atoms with Crippen molar-refractivity contribution in [2.24, 2.45) is 0 Å². The van der Waals surface area contributed by atoms with E-state index in [0.717, 1.165) is 22.3 Å². The lowest BCUT2D eigenvalue weighted by molar-refractivity contribution is -0.121. The SMILES string of the molecule is C[C@@H]1CN(CC(=O)Nc2cccc(I)c2)C[C@H](C)O1. The average Bonchev–Trinajstić information content (AvgIpc) is 2.26. The van der Waals surface area contributed by atoms with E-state index in [1.54, 1.807) is 0 Å². The van der Waals surface area contributed by atoms with Crippen molar-refractivity contribution in [2.45, 2.75) is 26.1 Å². The van der Waals surface area contributed by atoms with Gasteiger partial charge < -0.3 is 10.1 Å². The first kappa shape index (κ1) is 14.7. The molecule has 0 bridgehead atoms. The Balaban J connectivity index is 1.87. The molecule has 0 radical (unpaired) electrons. The number of hydrogen-bond donors (Lipinski definition) is 1. The van der Waals surface area contributed by atoms with Crippen molar-refractivity contribution in [3.05, 3.63) is 27.8 Å². The van der Waals surface area contributed by atoms with Crippen LogP contribution in [-0.4, -0.2) is 42.6 Å². The molecular weight excluding hydrogens is 355 g/mol. The predicted octanol–water partition coefficient (Wildman–Crippen LogP) is 2.34. The molecule has 1 amide bonds. The Bertz CT molecular complexity index is 443. The normalized spacial score (nSPS) is 24.2. The third-order valence-corrected chi connectivity index (χ3v) is 3.64. The second kappa shape index (κ2) is 6.67. The van der Waals surface area contributed by atoms with Gasteiger partial charge in [-0.15, -0.1) is 0 Å². The largest absolute Gasteiger partial charge is 0.373 e. The highest BCUT2D eigenvalue weighted by molar-refractivity contribution is 14.1. The maximum atomic E-state index is 12.0. The summed E-state index contributed by atoms with van der Waals surface area (Å²) in [7, 11) is 0. The van der Waals surface area contributed by atoms with Crippen LogP contribution in [0.3, 0.4) is 0 Å². The minimum absolute atomic E-state index is 0.0308. The summed E-state index contributed by atoms with van der Waals surface area (Å²) in [4.78, 5) is 14.2. The summed E-state index contributed by atoms with van der Waals surface area (Å²) in [5.74, 6) is 0.0308. The number of amides is 1. The van der Waals surface area contributed by atoms with Gasteiger partial charge in [0.05, 0.1) is 18.8 Å². The van der Waals surface area contributed by atoms with Crippen molar-refractivity contribution >= 4 is 34.2 Å². The minimum atomic E-state index is 0.0308. The van der Waals surface area contributed by atoms with Crippen LogP contribution in [0.5, 0.6) is 0 Å². The molecular formula is C14H19IN2O2. The molecule has 4 nitrogen and oxygen atoms in total. The summed E-state index contributed by atoms with van der Waals surface area (Å²) >= 11 is 2.23. The van der Waals surface area contributed by atoms with E-state index in [1.165, 1.54) is 0 Å². The molecule has 0 aliphatic carbocycles. The number of benzene rings is 1. The Morgan fingerprint density at radius 2 is 2.11 bits per heavy atom. The van der Waals surface area contributed by atoms with E-state index in [4.69, 9.17) is 4.74 Å². The molecule has 104 valence electrons. The zero-order chi connectivity index (χ0) is 13.8. The second-order valence-electron chi connectivity index (χ2n) is 5.01. The molecule has 1 aromatic carbocycles. The molecule has 2 rings (SSSR count). The summed E-state index contributed by atoms with van der Waals surface area (Å²) in [5.41, 5.74) is 0.853. The number of nitrogens with zero attached hydrogens (tertiary/aromatic N) is 1. The highest BCUT2D eigenvalue weighted by Crippen LogP contribution is 2.13. The van der Waals surface area contributed by atoms with E-state index in [0.29, 0.717) is 6.54 Å². The number of halogens is 1. The molecule has 0 spiro atoms. The number of carbonyl (C=O) groups is 1. The van der Waals surface area contributed by atoms with Crippen LogP contribution >= 0.6 is 22.6 Å². The maximum Gasteiger partial charge on any atom is 0.238 e. The summed E-state index contributed by atoms with van der Waals surface area (Å²) in [5, 5.41) is 2.93. The van der Waals surface area contributed by atoms with Gasteiger partial charge in [-0.05, 0) is 54.6 Å². The molecule has 1 saturated heterocycles. The average molecular weight is 374 g/mol. The molecule has 1 heterocycles. The molecule has 1 fully saturated rings. The minimum Gasteiger partial charge on any atom is -0.373 e. The maximum absolute atomic E-state index is 12.0. The van der Waals surface area contributed by atoms with E-state index in [9.17, 15) is 4.79 Å². The van der Waals surface area contributed by atoms with Gasteiger partial charge in [0, 0.05) is 22.3 Å². The molecule has 0 saturated carbocycles. The summed E-state index contributed by atoms with van der Waals surface area (Å²) < 4.78 is 6.77. The van der Waals surface area contributed by atoms with Crippen molar-refractivity contribution in [2.75, 3.05) is 25.0 Å². The number of carbonyl (C=O) groups excluding carboxylic acids is 1. The molecule has 0 unspecified atom stereocenters. The number of rotatable bonds is 3. The van der Waals surface area contributed by atoms with Crippen molar-refractivity contribution in [1.82, 2.24) is 4.90 Å². The summed E-state index contributed by atoms with van der Waals surface area (Å²) in [6, 6.07) is 7.81. The molecule has 0 aromatic heterocycles. The standard InChI is InChI=1S/C14H19IN2O2/c1-10-7-17(8-11(2)19-10)9-14(18)16-13-5-3-4-12(15)6-13/h3-6,10-11H,7-9H2,1-2H3,(H,16,18)/t10-,11+. The van der Waals surface area contributed by atoms with Gasteiger partial charge in [0.15, 0.2) is 0 Å². The Morgan fingerprint density at radius 3 is 2.74 bits per heavy atom. The monoisotopic (exact) mass is 374 g/mol. The second-order valence-corrected chi connectivity index (χ2v) is 6.26. The number of hydrogen-bond acceptors (Lipinski definition) is 3. The van der Waals surface area contributed by atoms with E-state index in [1.807, 2.05) is 38.1 Å². The number of nitrogens with one attached hydrogen (secondary N) is 1. The molecule has 2 atom stereocenters. The van der Waals surface area contributed by atoms with Crippen LogP contribution in [-0.2, 0) is 9.53 Å². The summed E-state index contributed by atoms with van der Waals surface area (Å²) in [6.07, 6.45) is 0.378. The lowest BCUT2D eigenvalue weighted by Crippen LogP contribution is -2.48. The van der Waals surface area contributed by atoms with Crippen molar-refractivity contribution in [3.63, 3.8) is 0 Å². The lowest BCUT2D eigenvalue weighted by Gasteiger charge is -2.34. The van der Waals surface area contributed by atoms with E-state index in [2.05, 4.69) is 32.8 Å². The van der Waals surface area contributed by atoms with Crippen LogP contribution in [0.1, 0.15) is 13.8 Å². The van der Waals surface area contributed by atoms with Gasteiger partial charge in [0.1, 0.15) is 0 Å². The zero-order valence-corrected chi connectivity index (χ0v) is 13.4. The van der Waals surface area contributed by atoms with Crippen LogP contribution in [0.4, 0.5) is 5.69 Å². The third-order valence-electron chi connectivity index (χ3n) is 2.97. The molecule has 5 heteroatoms. The fourth-order valence-electron chi connectivity index (χ4n) is 2.38. The van der Waals surface area contributed by atoms with Gasteiger partial charge in [0.2, 0.25) is 5.91 Å². The zero-order valence-electron chi connectivity index (χ0n) is 11.2. The Labute approximate surface area is 127 Å². The van der Waals surface area contributed by atoms with Crippen LogP contribution in [0, 0.1) is 3.57 Å². The molecule has 1 aliphatic rings. The van der Waals surface area contributed by atoms with Gasteiger partial charge in [-0.1, -0.05) is 6.07 Å². The van der Waals surface area contributed by atoms with Crippen molar-refractivity contribution in [3.8, 4) is 0 Å². The fourth-order valence-corrected chi connectivity index (χ4v) is 2.93. The Hall–Kier alpha value is -0.660. The Morgan fingerprint density at radius 1 is 1.42 bits per heavy atom. The summed E-state index contributed by atoms with van der Waals surface area (Å²) in [6.45, 7) is 6.12. The molecule has 19 heavy (non-hydrogen) atoms. The predicted molar refractivity (Wildman–Crippen MR) is 84.2 cm³/mol. The van der Waals surface area contributed by atoms with Crippen molar-refractivity contribution in [1.29, 1.82) is 0 Å². The first-order chi connectivity index (χ1) is 9.02. The van der Waals surface area contributed by atoms with Gasteiger partial charge in [-0.2, -0.15) is 0 Å². The molecule has 1 aliphatic heterocycles. The number of anilines is 1. The topological polar surface area (TPSA) is 41.6 Å². The van der Waals surface area contributed by atoms with Crippen LogP contribution in [0.25, 0.3) is 0 Å². The van der Waals surface area contributed by atoms with E-state index >= 15 is 0 Å². The quantitative estimate of drug-likeness (QED) is 0.826. The highest BCUT2D eigenvalue weighted by atomic mass is 127. The fraction of sp³-hybridized carbons (Fsp3) is 0.500. The first-order valence-electron chi connectivity index (χ1n) is 6.46. The van der Waals surface area contributed by atoms with Gasteiger partial charge >= 0.3 is 0 Å². The van der Waals surface area contributed by atoms with E-state index < -0.39 is 0 Å². The highest BCUT2D eigenvalue weighted by Gasteiger charge is 2.23. The molecule has 1 N–H and O–H groups in total. The van der Waals surface area contributed by atoms with Gasteiger partial charge in [0.25, 0.3) is 0 Å². The lowest BCUT2D eigenvalue weighted by atomic mass is 10.2.